The highest BCUT2D eigenvalue weighted by Gasteiger charge is 2.25. The van der Waals surface area contributed by atoms with Crippen LogP contribution in [-0.4, -0.2) is 23.6 Å². The maximum atomic E-state index is 9.08. The van der Waals surface area contributed by atoms with Gasteiger partial charge in [-0.05, 0) is 37.8 Å². The SMILES string of the molecule is Cc1ccc(N(CC(C)C)C2CCCC2)c(/C(N)=N/O)c1. The molecule has 1 aliphatic carbocycles. The standard InChI is InChI=1S/C17H27N3O/c1-12(2)11-20(14-6-4-5-7-14)16-9-8-13(3)10-15(16)17(18)19-21/h8-10,12,14,21H,4-7,11H2,1-3H3,(H2,18,19). The normalized spacial score (nSPS) is 16.7. The minimum Gasteiger partial charge on any atom is -0.409 e. The molecule has 4 nitrogen and oxygen atoms in total. The first kappa shape index (κ1) is 15.7. The average Bonchev–Trinajstić information content (AvgIpc) is 2.98. The van der Waals surface area contributed by atoms with E-state index in [2.05, 4.69) is 36.0 Å². The smallest absolute Gasteiger partial charge is 0.172 e. The van der Waals surface area contributed by atoms with Crippen molar-refractivity contribution < 1.29 is 5.21 Å². The Morgan fingerprint density at radius 3 is 2.62 bits per heavy atom. The second-order valence-corrected chi connectivity index (χ2v) is 6.49. The van der Waals surface area contributed by atoms with Crippen LogP contribution < -0.4 is 10.6 Å². The molecule has 0 amide bonds. The van der Waals surface area contributed by atoms with Gasteiger partial charge >= 0.3 is 0 Å². The van der Waals surface area contributed by atoms with Gasteiger partial charge in [-0.3, -0.25) is 0 Å². The van der Waals surface area contributed by atoms with E-state index in [9.17, 15) is 0 Å². The molecule has 0 aromatic heterocycles. The van der Waals surface area contributed by atoms with Crippen molar-refractivity contribution in [1.82, 2.24) is 0 Å². The van der Waals surface area contributed by atoms with Crippen molar-refractivity contribution in [2.45, 2.75) is 52.5 Å². The van der Waals surface area contributed by atoms with Crippen molar-refractivity contribution in [3.63, 3.8) is 0 Å². The number of anilines is 1. The summed E-state index contributed by atoms with van der Waals surface area (Å²) in [6, 6.07) is 6.79. The molecule has 1 aromatic rings. The van der Waals surface area contributed by atoms with Gasteiger partial charge in [-0.25, -0.2) is 0 Å². The number of amidine groups is 1. The van der Waals surface area contributed by atoms with Gasteiger partial charge in [0, 0.05) is 23.8 Å². The van der Waals surface area contributed by atoms with E-state index in [1.165, 1.54) is 25.7 Å². The molecular formula is C17H27N3O. The Balaban J connectivity index is 2.43. The fraction of sp³-hybridized carbons (Fsp3) is 0.588. The van der Waals surface area contributed by atoms with Crippen molar-refractivity contribution in [3.8, 4) is 0 Å². The van der Waals surface area contributed by atoms with Crippen LogP contribution >= 0.6 is 0 Å². The molecule has 1 fully saturated rings. The van der Waals surface area contributed by atoms with Crippen LogP contribution in [0.25, 0.3) is 0 Å². The summed E-state index contributed by atoms with van der Waals surface area (Å²) in [4.78, 5) is 2.46. The summed E-state index contributed by atoms with van der Waals surface area (Å²) < 4.78 is 0. The first-order chi connectivity index (χ1) is 10.0. The minimum absolute atomic E-state index is 0.195. The van der Waals surface area contributed by atoms with Gasteiger partial charge in [0.2, 0.25) is 0 Å². The Morgan fingerprint density at radius 2 is 2.05 bits per heavy atom. The number of benzene rings is 1. The highest BCUT2D eigenvalue weighted by molar-refractivity contribution is 6.02. The molecule has 1 aromatic carbocycles. The zero-order valence-corrected chi connectivity index (χ0v) is 13.3. The quantitative estimate of drug-likeness (QED) is 0.377. The summed E-state index contributed by atoms with van der Waals surface area (Å²) in [5, 5.41) is 12.3. The van der Waals surface area contributed by atoms with Crippen LogP contribution in [0, 0.1) is 12.8 Å². The zero-order chi connectivity index (χ0) is 15.4. The van der Waals surface area contributed by atoms with E-state index in [0.29, 0.717) is 12.0 Å². The van der Waals surface area contributed by atoms with Crippen LogP contribution in [0.15, 0.2) is 23.4 Å². The van der Waals surface area contributed by atoms with Crippen molar-refractivity contribution in [3.05, 3.63) is 29.3 Å². The molecular weight excluding hydrogens is 262 g/mol. The Labute approximate surface area is 127 Å². The number of nitrogens with zero attached hydrogens (tertiary/aromatic N) is 2. The molecule has 4 heteroatoms. The van der Waals surface area contributed by atoms with Gasteiger partial charge in [0.15, 0.2) is 5.84 Å². The molecule has 1 saturated carbocycles. The number of hydrogen-bond acceptors (Lipinski definition) is 3. The Morgan fingerprint density at radius 1 is 1.38 bits per heavy atom. The highest BCUT2D eigenvalue weighted by Crippen LogP contribution is 2.31. The summed E-state index contributed by atoms with van der Waals surface area (Å²) in [5.41, 5.74) is 8.96. The molecule has 0 heterocycles. The third kappa shape index (κ3) is 3.69. The van der Waals surface area contributed by atoms with Gasteiger partial charge < -0.3 is 15.8 Å². The predicted octanol–water partition coefficient (Wildman–Crippen LogP) is 3.49. The van der Waals surface area contributed by atoms with Crippen LogP contribution in [-0.2, 0) is 0 Å². The lowest BCUT2D eigenvalue weighted by Gasteiger charge is -2.34. The molecule has 1 aliphatic rings. The van der Waals surface area contributed by atoms with Crippen molar-refractivity contribution in [1.29, 1.82) is 0 Å². The molecule has 0 bridgehead atoms. The highest BCUT2D eigenvalue weighted by atomic mass is 16.4. The van der Waals surface area contributed by atoms with Gasteiger partial charge in [0.05, 0.1) is 0 Å². The van der Waals surface area contributed by atoms with E-state index < -0.39 is 0 Å². The van der Waals surface area contributed by atoms with Gasteiger partial charge in [-0.2, -0.15) is 0 Å². The molecule has 3 N–H and O–H groups in total. The lowest BCUT2D eigenvalue weighted by atomic mass is 10.0. The van der Waals surface area contributed by atoms with Crippen LogP contribution in [0.1, 0.15) is 50.7 Å². The van der Waals surface area contributed by atoms with Crippen LogP contribution in [0.5, 0.6) is 0 Å². The molecule has 0 radical (unpaired) electrons. The maximum Gasteiger partial charge on any atom is 0.172 e. The molecule has 0 aliphatic heterocycles. The fourth-order valence-electron chi connectivity index (χ4n) is 3.21. The lowest BCUT2D eigenvalue weighted by Crippen LogP contribution is -2.37. The second-order valence-electron chi connectivity index (χ2n) is 6.49. The minimum atomic E-state index is 0.195. The second kappa shape index (κ2) is 6.83. The van der Waals surface area contributed by atoms with Crippen molar-refractivity contribution in [2.75, 3.05) is 11.4 Å². The summed E-state index contributed by atoms with van der Waals surface area (Å²) in [7, 11) is 0. The number of nitrogens with two attached hydrogens (primary N) is 1. The fourth-order valence-corrected chi connectivity index (χ4v) is 3.21. The van der Waals surface area contributed by atoms with Crippen molar-refractivity contribution >= 4 is 11.5 Å². The van der Waals surface area contributed by atoms with E-state index >= 15 is 0 Å². The molecule has 21 heavy (non-hydrogen) atoms. The summed E-state index contributed by atoms with van der Waals surface area (Å²) >= 11 is 0. The number of rotatable bonds is 5. The van der Waals surface area contributed by atoms with E-state index in [0.717, 1.165) is 23.4 Å². The third-order valence-corrected chi connectivity index (χ3v) is 4.17. The monoisotopic (exact) mass is 289 g/mol. The topological polar surface area (TPSA) is 61.8 Å². The molecule has 0 spiro atoms. The van der Waals surface area contributed by atoms with Crippen molar-refractivity contribution in [2.24, 2.45) is 16.8 Å². The van der Waals surface area contributed by atoms with Gasteiger partial charge in [-0.1, -0.05) is 43.5 Å². The van der Waals surface area contributed by atoms with E-state index in [1.54, 1.807) is 0 Å². The number of oxime groups is 1. The van der Waals surface area contributed by atoms with E-state index in [1.807, 2.05) is 13.0 Å². The van der Waals surface area contributed by atoms with Crippen LogP contribution in [0.2, 0.25) is 0 Å². The van der Waals surface area contributed by atoms with Gasteiger partial charge in [0.1, 0.15) is 0 Å². The first-order valence-corrected chi connectivity index (χ1v) is 7.88. The average molecular weight is 289 g/mol. The molecule has 0 unspecified atom stereocenters. The first-order valence-electron chi connectivity index (χ1n) is 7.88. The maximum absolute atomic E-state index is 9.08. The summed E-state index contributed by atoms with van der Waals surface area (Å²) in [6.07, 6.45) is 5.06. The van der Waals surface area contributed by atoms with E-state index in [4.69, 9.17) is 10.9 Å². The Hall–Kier alpha value is -1.71. The largest absolute Gasteiger partial charge is 0.409 e. The molecule has 0 saturated heterocycles. The van der Waals surface area contributed by atoms with E-state index in [-0.39, 0.29) is 5.84 Å². The number of aryl methyl sites for hydroxylation is 1. The van der Waals surface area contributed by atoms with Gasteiger partial charge in [0.25, 0.3) is 0 Å². The molecule has 116 valence electrons. The third-order valence-electron chi connectivity index (χ3n) is 4.17. The predicted molar refractivity (Wildman–Crippen MR) is 88.1 cm³/mol. The van der Waals surface area contributed by atoms with Gasteiger partial charge in [-0.15, -0.1) is 0 Å². The Kier molecular flexibility index (Phi) is 5.10. The molecule has 0 atom stereocenters. The lowest BCUT2D eigenvalue weighted by molar-refractivity contribution is 0.318. The zero-order valence-electron chi connectivity index (χ0n) is 13.3. The van der Waals surface area contributed by atoms with Crippen LogP contribution in [0.4, 0.5) is 5.69 Å². The summed E-state index contributed by atoms with van der Waals surface area (Å²) in [5.74, 6) is 0.771. The number of hydrogen-bond donors (Lipinski definition) is 2. The Bertz CT molecular complexity index is 505. The summed E-state index contributed by atoms with van der Waals surface area (Å²) in [6.45, 7) is 7.50. The van der Waals surface area contributed by atoms with Crippen LogP contribution in [0.3, 0.4) is 0 Å². The molecule has 2 rings (SSSR count).